The summed E-state index contributed by atoms with van der Waals surface area (Å²) in [7, 11) is 0. The maximum Gasteiger partial charge on any atom is 0.0366 e. The molecule has 1 aromatic carbocycles. The lowest BCUT2D eigenvalue weighted by Crippen LogP contribution is -2.47. The van der Waals surface area contributed by atoms with Crippen molar-refractivity contribution in [3.8, 4) is 0 Å². The molecule has 2 nitrogen and oxygen atoms in total. The number of hydrogen-bond acceptors (Lipinski definition) is 2. The quantitative estimate of drug-likeness (QED) is 0.896. The fourth-order valence-electron chi connectivity index (χ4n) is 3.74. The zero-order valence-electron chi connectivity index (χ0n) is 12.6. The van der Waals surface area contributed by atoms with Gasteiger partial charge in [-0.1, -0.05) is 37.5 Å². The molecule has 1 atom stereocenters. The van der Waals surface area contributed by atoms with Gasteiger partial charge in [-0.05, 0) is 50.3 Å². The highest BCUT2D eigenvalue weighted by Gasteiger charge is 2.21. The Morgan fingerprint density at radius 2 is 1.75 bits per heavy atom. The van der Waals surface area contributed by atoms with Crippen LogP contribution in [-0.2, 0) is 0 Å². The number of piperidine rings is 1. The van der Waals surface area contributed by atoms with Crippen molar-refractivity contribution < 1.29 is 0 Å². The summed E-state index contributed by atoms with van der Waals surface area (Å²) in [5.74, 6) is 0.941. The average Bonchev–Trinajstić information content (AvgIpc) is 2.55. The molecule has 3 rings (SSSR count). The molecule has 0 radical (unpaired) electrons. The molecule has 1 saturated heterocycles. The normalized spacial score (nSPS) is 24.8. The smallest absolute Gasteiger partial charge is 0.0366 e. The largest absolute Gasteiger partial charge is 0.370 e. The molecule has 1 aliphatic heterocycles. The molecule has 2 aliphatic rings. The van der Waals surface area contributed by atoms with Crippen LogP contribution in [0.25, 0.3) is 0 Å². The highest BCUT2D eigenvalue weighted by molar-refractivity contribution is 5.46. The summed E-state index contributed by atoms with van der Waals surface area (Å²) in [5, 5.41) is 3.85. The zero-order valence-corrected chi connectivity index (χ0v) is 12.6. The minimum atomic E-state index is 0.686. The Labute approximate surface area is 123 Å². The predicted molar refractivity (Wildman–Crippen MR) is 86.3 cm³/mol. The van der Waals surface area contributed by atoms with Crippen molar-refractivity contribution in [2.45, 2.75) is 51.0 Å². The number of para-hydroxylation sites is 1. The first kappa shape index (κ1) is 13.9. The van der Waals surface area contributed by atoms with E-state index in [0.717, 1.165) is 5.92 Å². The lowest BCUT2D eigenvalue weighted by atomic mass is 9.89. The standard InChI is InChI=1S/C18H28N2/c1-3-8-16(9-4-1)14-19-17-10-7-13-20(15-17)18-11-5-2-6-12-18/h2,5-6,11-12,16-17,19H,1,3-4,7-10,13-15H2. The van der Waals surface area contributed by atoms with Gasteiger partial charge < -0.3 is 10.2 Å². The van der Waals surface area contributed by atoms with Gasteiger partial charge in [0.25, 0.3) is 0 Å². The van der Waals surface area contributed by atoms with Gasteiger partial charge in [0, 0.05) is 24.8 Å². The summed E-state index contributed by atoms with van der Waals surface area (Å²) >= 11 is 0. The second-order valence-corrected chi connectivity index (χ2v) is 6.53. The van der Waals surface area contributed by atoms with Crippen LogP contribution >= 0.6 is 0 Å². The molecule has 110 valence electrons. The molecule has 1 unspecified atom stereocenters. The van der Waals surface area contributed by atoms with Crippen LogP contribution in [0, 0.1) is 5.92 Å². The highest BCUT2D eigenvalue weighted by atomic mass is 15.2. The topological polar surface area (TPSA) is 15.3 Å². The fraction of sp³-hybridized carbons (Fsp3) is 0.667. The molecule has 1 saturated carbocycles. The molecule has 20 heavy (non-hydrogen) atoms. The second-order valence-electron chi connectivity index (χ2n) is 6.53. The Morgan fingerprint density at radius 3 is 2.55 bits per heavy atom. The summed E-state index contributed by atoms with van der Waals surface area (Å²) in [4.78, 5) is 2.54. The van der Waals surface area contributed by atoms with E-state index in [1.54, 1.807) is 0 Å². The van der Waals surface area contributed by atoms with Crippen LogP contribution in [0.1, 0.15) is 44.9 Å². The van der Waals surface area contributed by atoms with Crippen LogP contribution in [0.5, 0.6) is 0 Å². The molecular weight excluding hydrogens is 244 g/mol. The van der Waals surface area contributed by atoms with Gasteiger partial charge in [-0.3, -0.25) is 0 Å². The predicted octanol–water partition coefficient (Wildman–Crippen LogP) is 3.83. The van der Waals surface area contributed by atoms with Crippen molar-refractivity contribution in [1.82, 2.24) is 5.32 Å². The van der Waals surface area contributed by atoms with Gasteiger partial charge in [-0.15, -0.1) is 0 Å². The summed E-state index contributed by atoms with van der Waals surface area (Å²) < 4.78 is 0. The molecule has 2 heteroatoms. The SMILES string of the molecule is c1ccc(N2CCCC(NCC3CCCCC3)C2)cc1. The summed E-state index contributed by atoms with van der Waals surface area (Å²) in [6, 6.07) is 11.6. The minimum absolute atomic E-state index is 0.686. The third-order valence-electron chi connectivity index (χ3n) is 4.96. The zero-order chi connectivity index (χ0) is 13.6. The summed E-state index contributed by atoms with van der Waals surface area (Å²) in [6.07, 6.45) is 9.92. The molecule has 1 heterocycles. The van der Waals surface area contributed by atoms with Gasteiger partial charge in [-0.2, -0.15) is 0 Å². The van der Waals surface area contributed by atoms with Crippen molar-refractivity contribution >= 4 is 5.69 Å². The lowest BCUT2D eigenvalue weighted by Gasteiger charge is -2.36. The van der Waals surface area contributed by atoms with Gasteiger partial charge in [0.1, 0.15) is 0 Å². The highest BCUT2D eigenvalue weighted by Crippen LogP contribution is 2.24. The second kappa shape index (κ2) is 7.12. The molecule has 0 bridgehead atoms. The first-order valence-electron chi connectivity index (χ1n) is 8.45. The van der Waals surface area contributed by atoms with Crippen molar-refractivity contribution in [3.05, 3.63) is 30.3 Å². The average molecular weight is 272 g/mol. The Morgan fingerprint density at radius 1 is 0.950 bits per heavy atom. The number of hydrogen-bond donors (Lipinski definition) is 1. The number of rotatable bonds is 4. The van der Waals surface area contributed by atoms with E-state index in [4.69, 9.17) is 0 Å². The molecule has 2 fully saturated rings. The van der Waals surface area contributed by atoms with E-state index < -0.39 is 0 Å². The maximum absolute atomic E-state index is 3.85. The van der Waals surface area contributed by atoms with E-state index in [2.05, 4.69) is 40.5 Å². The van der Waals surface area contributed by atoms with E-state index >= 15 is 0 Å². The summed E-state index contributed by atoms with van der Waals surface area (Å²) in [6.45, 7) is 3.63. The first-order chi connectivity index (χ1) is 9.92. The molecule has 1 aromatic rings. The van der Waals surface area contributed by atoms with Gasteiger partial charge in [0.2, 0.25) is 0 Å². The van der Waals surface area contributed by atoms with E-state index in [1.807, 2.05) is 0 Å². The van der Waals surface area contributed by atoms with Gasteiger partial charge >= 0.3 is 0 Å². The van der Waals surface area contributed by atoms with Crippen LogP contribution in [-0.4, -0.2) is 25.7 Å². The van der Waals surface area contributed by atoms with Crippen molar-refractivity contribution in [2.75, 3.05) is 24.5 Å². The molecule has 0 spiro atoms. The number of anilines is 1. The van der Waals surface area contributed by atoms with Crippen molar-refractivity contribution in [1.29, 1.82) is 0 Å². The van der Waals surface area contributed by atoms with Gasteiger partial charge in [0.05, 0.1) is 0 Å². The van der Waals surface area contributed by atoms with E-state index in [9.17, 15) is 0 Å². The van der Waals surface area contributed by atoms with Crippen LogP contribution in [0.4, 0.5) is 5.69 Å². The van der Waals surface area contributed by atoms with E-state index in [-0.39, 0.29) is 0 Å². The van der Waals surface area contributed by atoms with Crippen LogP contribution in [0.15, 0.2) is 30.3 Å². The first-order valence-corrected chi connectivity index (χ1v) is 8.45. The van der Waals surface area contributed by atoms with E-state index in [0.29, 0.717) is 6.04 Å². The lowest BCUT2D eigenvalue weighted by molar-refractivity contribution is 0.314. The summed E-state index contributed by atoms with van der Waals surface area (Å²) in [5.41, 5.74) is 1.39. The fourth-order valence-corrected chi connectivity index (χ4v) is 3.74. The Kier molecular flexibility index (Phi) is 4.96. The number of benzene rings is 1. The third-order valence-corrected chi connectivity index (χ3v) is 4.96. The van der Waals surface area contributed by atoms with E-state index in [1.165, 1.54) is 70.3 Å². The Bertz CT molecular complexity index is 384. The van der Waals surface area contributed by atoms with Crippen LogP contribution in [0.3, 0.4) is 0 Å². The van der Waals surface area contributed by atoms with Crippen molar-refractivity contribution in [3.63, 3.8) is 0 Å². The maximum atomic E-state index is 3.85. The van der Waals surface area contributed by atoms with Crippen molar-refractivity contribution in [2.24, 2.45) is 5.92 Å². The molecule has 1 N–H and O–H groups in total. The van der Waals surface area contributed by atoms with Crippen LogP contribution in [0.2, 0.25) is 0 Å². The third kappa shape index (κ3) is 3.76. The Balaban J connectivity index is 1.48. The van der Waals surface area contributed by atoms with Gasteiger partial charge in [-0.25, -0.2) is 0 Å². The van der Waals surface area contributed by atoms with Crippen LogP contribution < -0.4 is 10.2 Å². The van der Waals surface area contributed by atoms with Gasteiger partial charge in [0.15, 0.2) is 0 Å². The molecule has 1 aliphatic carbocycles. The minimum Gasteiger partial charge on any atom is -0.370 e. The number of nitrogens with zero attached hydrogens (tertiary/aromatic N) is 1. The molecular formula is C18H28N2. The molecule has 0 amide bonds. The number of nitrogens with one attached hydrogen (secondary N) is 1. The molecule has 0 aromatic heterocycles. The monoisotopic (exact) mass is 272 g/mol. The Hall–Kier alpha value is -1.02.